The molecule has 1 aliphatic carbocycles. The number of sulfone groups is 1. The van der Waals surface area contributed by atoms with Crippen LogP contribution in [0.1, 0.15) is 51.9 Å². The molecule has 2 unspecified atom stereocenters. The van der Waals surface area contributed by atoms with Crippen molar-refractivity contribution in [3.05, 3.63) is 0 Å². The highest BCUT2D eigenvalue weighted by Crippen LogP contribution is 2.26. The molecule has 1 N–H and O–H groups in total. The van der Waals surface area contributed by atoms with Crippen LogP contribution in [0.5, 0.6) is 0 Å². The molecule has 0 spiro atoms. The molecule has 2 atom stereocenters. The molecular formula is C13H27NO2S. The third-order valence-electron chi connectivity index (χ3n) is 3.95. The second-order valence-corrected chi connectivity index (χ2v) is 7.72. The molecule has 4 heteroatoms. The molecule has 0 aromatic heterocycles. The lowest BCUT2D eigenvalue weighted by Crippen LogP contribution is -2.26. The third kappa shape index (κ3) is 5.87. The van der Waals surface area contributed by atoms with Crippen molar-refractivity contribution < 1.29 is 8.42 Å². The first-order valence-electron chi connectivity index (χ1n) is 6.95. The Kier molecular flexibility index (Phi) is 6.49. The summed E-state index contributed by atoms with van der Waals surface area (Å²) < 4.78 is 22.8. The lowest BCUT2D eigenvalue weighted by molar-refractivity contribution is 0.378. The summed E-state index contributed by atoms with van der Waals surface area (Å²) in [4.78, 5) is 0. The molecule has 0 radical (unpaired) electrons. The van der Waals surface area contributed by atoms with Crippen LogP contribution in [-0.4, -0.2) is 33.0 Å². The van der Waals surface area contributed by atoms with Gasteiger partial charge in [0.2, 0.25) is 0 Å². The average Bonchev–Trinajstić information content (AvgIpc) is 2.54. The molecule has 0 heterocycles. The van der Waals surface area contributed by atoms with E-state index >= 15 is 0 Å². The van der Waals surface area contributed by atoms with Gasteiger partial charge in [0.25, 0.3) is 0 Å². The lowest BCUT2D eigenvalue weighted by Gasteiger charge is -2.19. The highest BCUT2D eigenvalue weighted by atomic mass is 32.2. The van der Waals surface area contributed by atoms with Crippen molar-refractivity contribution in [1.82, 2.24) is 5.32 Å². The van der Waals surface area contributed by atoms with Gasteiger partial charge in [-0.15, -0.1) is 0 Å². The van der Waals surface area contributed by atoms with Gasteiger partial charge in [0.05, 0.1) is 5.75 Å². The maximum Gasteiger partial charge on any atom is 0.150 e. The molecule has 0 amide bonds. The van der Waals surface area contributed by atoms with Gasteiger partial charge in [-0.25, -0.2) is 8.42 Å². The molecule has 0 bridgehead atoms. The summed E-state index contributed by atoms with van der Waals surface area (Å²) in [6, 6.07) is 0.644. The fraction of sp³-hybridized carbons (Fsp3) is 1.00. The van der Waals surface area contributed by atoms with Gasteiger partial charge in [0, 0.05) is 11.8 Å². The zero-order valence-corrected chi connectivity index (χ0v) is 12.1. The van der Waals surface area contributed by atoms with Crippen LogP contribution in [0.3, 0.4) is 0 Å². The minimum absolute atomic E-state index is 0.288. The van der Waals surface area contributed by atoms with Crippen LogP contribution in [0.25, 0.3) is 0 Å². The van der Waals surface area contributed by atoms with Gasteiger partial charge in [-0.05, 0) is 38.6 Å². The van der Waals surface area contributed by atoms with Crippen LogP contribution in [0.15, 0.2) is 0 Å². The largest absolute Gasteiger partial charge is 0.317 e. The third-order valence-corrected chi connectivity index (χ3v) is 5.74. The van der Waals surface area contributed by atoms with E-state index in [0.717, 1.165) is 18.8 Å². The van der Waals surface area contributed by atoms with Crippen LogP contribution < -0.4 is 5.32 Å². The molecule has 3 nitrogen and oxygen atoms in total. The molecule has 0 aromatic carbocycles. The molecule has 1 rings (SSSR count). The zero-order chi connectivity index (χ0) is 12.7. The quantitative estimate of drug-likeness (QED) is 0.747. The summed E-state index contributed by atoms with van der Waals surface area (Å²) >= 11 is 0. The Morgan fingerprint density at radius 1 is 1.24 bits per heavy atom. The second kappa shape index (κ2) is 7.37. The van der Waals surface area contributed by atoms with Crippen molar-refractivity contribution in [3.8, 4) is 0 Å². The maximum absolute atomic E-state index is 11.4. The van der Waals surface area contributed by atoms with Crippen LogP contribution >= 0.6 is 0 Å². The van der Waals surface area contributed by atoms with Crippen LogP contribution in [0.4, 0.5) is 0 Å². The van der Waals surface area contributed by atoms with Gasteiger partial charge >= 0.3 is 0 Å². The predicted octanol–water partition coefficient (Wildman–Crippen LogP) is 2.37. The molecule has 17 heavy (non-hydrogen) atoms. The lowest BCUT2D eigenvalue weighted by atomic mass is 9.93. The van der Waals surface area contributed by atoms with Crippen molar-refractivity contribution in [2.45, 2.75) is 57.9 Å². The summed E-state index contributed by atoms with van der Waals surface area (Å²) in [5, 5.41) is 3.37. The summed E-state index contributed by atoms with van der Waals surface area (Å²) in [6.45, 7) is 1.73. The van der Waals surface area contributed by atoms with E-state index in [1.165, 1.54) is 32.1 Å². The molecule has 0 aromatic rings. The minimum atomic E-state index is -2.76. The number of nitrogens with one attached hydrogen (secondary N) is 1. The van der Waals surface area contributed by atoms with Crippen LogP contribution in [0, 0.1) is 5.92 Å². The second-order valence-electron chi connectivity index (χ2n) is 5.25. The molecule has 0 aliphatic heterocycles. The van der Waals surface area contributed by atoms with Crippen LogP contribution in [-0.2, 0) is 9.84 Å². The smallest absolute Gasteiger partial charge is 0.150 e. The zero-order valence-electron chi connectivity index (χ0n) is 11.2. The predicted molar refractivity (Wildman–Crippen MR) is 73.0 cm³/mol. The fourth-order valence-corrected chi connectivity index (χ4v) is 3.62. The number of hydrogen-bond acceptors (Lipinski definition) is 3. The van der Waals surface area contributed by atoms with E-state index in [2.05, 4.69) is 5.32 Å². The molecule has 1 fully saturated rings. The first-order chi connectivity index (χ1) is 8.07. The van der Waals surface area contributed by atoms with Gasteiger partial charge in [0.1, 0.15) is 9.84 Å². The molecular weight excluding hydrogens is 234 g/mol. The minimum Gasteiger partial charge on any atom is -0.317 e. The topological polar surface area (TPSA) is 46.2 Å². The van der Waals surface area contributed by atoms with Gasteiger partial charge in [-0.3, -0.25) is 0 Å². The van der Waals surface area contributed by atoms with Crippen molar-refractivity contribution in [3.63, 3.8) is 0 Å². The van der Waals surface area contributed by atoms with E-state index < -0.39 is 9.84 Å². The van der Waals surface area contributed by atoms with E-state index in [0.29, 0.717) is 11.8 Å². The van der Waals surface area contributed by atoms with E-state index in [1.807, 2.05) is 7.05 Å². The van der Waals surface area contributed by atoms with Crippen LogP contribution in [0.2, 0.25) is 0 Å². The van der Waals surface area contributed by atoms with Crippen molar-refractivity contribution in [2.75, 3.05) is 18.6 Å². The summed E-state index contributed by atoms with van der Waals surface area (Å²) in [7, 11) is -0.728. The first-order valence-corrected chi connectivity index (χ1v) is 8.77. The fourth-order valence-electron chi connectivity index (χ4n) is 2.72. The van der Waals surface area contributed by atoms with E-state index in [9.17, 15) is 8.42 Å². The van der Waals surface area contributed by atoms with Gasteiger partial charge in [-0.2, -0.15) is 0 Å². The van der Waals surface area contributed by atoms with Crippen molar-refractivity contribution in [2.24, 2.45) is 5.92 Å². The Morgan fingerprint density at radius 3 is 2.59 bits per heavy atom. The number of rotatable bonds is 6. The van der Waals surface area contributed by atoms with Crippen molar-refractivity contribution in [1.29, 1.82) is 0 Å². The van der Waals surface area contributed by atoms with E-state index in [4.69, 9.17) is 0 Å². The maximum atomic E-state index is 11.4. The highest BCUT2D eigenvalue weighted by Gasteiger charge is 2.19. The summed E-state index contributed by atoms with van der Waals surface area (Å²) in [5.74, 6) is 1.39. The Labute approximate surface area is 106 Å². The Bertz CT molecular complexity index is 301. The van der Waals surface area contributed by atoms with Gasteiger partial charge in [-0.1, -0.05) is 26.2 Å². The summed E-state index contributed by atoms with van der Waals surface area (Å²) in [6.07, 6.45) is 8.33. The molecule has 1 aliphatic rings. The highest BCUT2D eigenvalue weighted by molar-refractivity contribution is 7.91. The average molecular weight is 261 g/mol. The molecule has 1 saturated carbocycles. The Balaban J connectivity index is 2.30. The Morgan fingerprint density at radius 2 is 1.94 bits per heavy atom. The standard InChI is InChI=1S/C13H27NO2S/c1-3-17(15,16)10-6-8-12-7-4-5-9-13(11-12)14-2/h12-14H,3-11H2,1-2H3. The normalized spacial score (nSPS) is 26.7. The molecule has 0 saturated heterocycles. The van der Waals surface area contributed by atoms with E-state index in [1.54, 1.807) is 6.92 Å². The van der Waals surface area contributed by atoms with Gasteiger partial charge < -0.3 is 5.32 Å². The summed E-state index contributed by atoms with van der Waals surface area (Å²) in [5.41, 5.74) is 0. The van der Waals surface area contributed by atoms with Crippen molar-refractivity contribution >= 4 is 9.84 Å². The van der Waals surface area contributed by atoms with Gasteiger partial charge in [0.15, 0.2) is 0 Å². The Hall–Kier alpha value is -0.0900. The first kappa shape index (κ1) is 15.0. The van der Waals surface area contributed by atoms with E-state index in [-0.39, 0.29) is 5.75 Å². The SMILES string of the molecule is CCS(=O)(=O)CCCC1CCCCC(NC)C1. The number of hydrogen-bond donors (Lipinski definition) is 1. The monoisotopic (exact) mass is 261 g/mol. The molecule has 102 valence electrons.